The molecule has 3 aromatic rings. The number of piperazine rings is 1. The highest BCUT2D eigenvalue weighted by Crippen LogP contribution is 2.33. The molecule has 0 spiro atoms. The fraction of sp³-hybridized carbons (Fsp3) is 0.222. The number of anilines is 2. The Morgan fingerprint density at radius 1 is 1.03 bits per heavy atom. The van der Waals surface area contributed by atoms with Gasteiger partial charge in [0.05, 0.1) is 4.92 Å². The lowest BCUT2D eigenvalue weighted by Gasteiger charge is -2.36. The Balaban J connectivity index is 1.42. The average molecular weight is 525 g/mol. The van der Waals surface area contributed by atoms with Crippen LogP contribution in [0.25, 0.3) is 6.08 Å². The maximum Gasteiger partial charge on any atom is 0.292 e. The molecule has 1 aliphatic rings. The lowest BCUT2D eigenvalue weighted by Crippen LogP contribution is -2.48. The molecule has 1 amide bonds. The molecule has 1 fully saturated rings. The van der Waals surface area contributed by atoms with Crippen molar-refractivity contribution in [1.29, 1.82) is 0 Å². The minimum Gasteiger partial charge on any atom is -0.373 e. The molecule has 3 aromatic carbocycles. The third kappa shape index (κ3) is 6.17. The normalized spacial score (nSPS) is 14.6. The second-order valence-corrected chi connectivity index (χ2v) is 9.39. The van der Waals surface area contributed by atoms with E-state index in [0.717, 1.165) is 16.8 Å². The molecule has 9 heteroatoms. The molecule has 1 atom stereocenters. The SMILES string of the molecule is C[C@H](Nc1cc(N2CCN(C(=O)/C=C/c3ccc(Cl)cc3Cl)CC2)ccc1[N+](=O)[O-])c1ccccc1. The minimum atomic E-state index is -0.375. The summed E-state index contributed by atoms with van der Waals surface area (Å²) in [6, 6.07) is 19.9. The number of benzene rings is 3. The van der Waals surface area contributed by atoms with Crippen LogP contribution in [0.4, 0.5) is 17.1 Å². The van der Waals surface area contributed by atoms with E-state index in [1.165, 1.54) is 12.1 Å². The molecule has 7 nitrogen and oxygen atoms in total. The number of nitrogens with one attached hydrogen (secondary N) is 1. The molecule has 1 saturated heterocycles. The van der Waals surface area contributed by atoms with Crippen LogP contribution in [-0.4, -0.2) is 41.9 Å². The standard InChI is InChI=1S/C27H26Cl2N4O3/c1-19(20-5-3-2-4-6-20)30-25-18-23(10-11-26(25)33(35)36)31-13-15-32(16-14-31)27(34)12-8-21-7-9-22(28)17-24(21)29/h2-12,17-19,30H,13-16H2,1H3/b12-8+/t19-/m0/s1. The zero-order valence-corrected chi connectivity index (χ0v) is 21.2. The predicted molar refractivity (Wildman–Crippen MR) is 146 cm³/mol. The van der Waals surface area contributed by atoms with Crippen LogP contribution >= 0.6 is 23.2 Å². The Morgan fingerprint density at radius 2 is 1.75 bits per heavy atom. The van der Waals surface area contributed by atoms with Crippen LogP contribution in [0.15, 0.2) is 72.8 Å². The van der Waals surface area contributed by atoms with Crippen LogP contribution < -0.4 is 10.2 Å². The summed E-state index contributed by atoms with van der Waals surface area (Å²) in [5, 5.41) is 16.0. The van der Waals surface area contributed by atoms with Crippen molar-refractivity contribution in [3.05, 3.63) is 104 Å². The van der Waals surface area contributed by atoms with Gasteiger partial charge < -0.3 is 15.1 Å². The Bertz CT molecular complexity index is 1280. The molecule has 1 aliphatic heterocycles. The zero-order chi connectivity index (χ0) is 25.7. The first-order chi connectivity index (χ1) is 17.3. The van der Waals surface area contributed by atoms with Gasteiger partial charge in [-0.3, -0.25) is 14.9 Å². The van der Waals surface area contributed by atoms with E-state index in [9.17, 15) is 14.9 Å². The Kier molecular flexibility index (Phi) is 8.13. The molecular formula is C27H26Cl2N4O3. The molecule has 1 heterocycles. The predicted octanol–water partition coefficient (Wildman–Crippen LogP) is 6.44. The molecule has 1 N–H and O–H groups in total. The van der Waals surface area contributed by atoms with E-state index in [2.05, 4.69) is 10.2 Å². The molecule has 186 valence electrons. The van der Waals surface area contributed by atoms with Crippen molar-refractivity contribution < 1.29 is 9.72 Å². The summed E-state index contributed by atoms with van der Waals surface area (Å²) in [7, 11) is 0. The van der Waals surface area contributed by atoms with Crippen molar-refractivity contribution in [2.75, 3.05) is 36.4 Å². The van der Waals surface area contributed by atoms with Crippen molar-refractivity contribution in [3.8, 4) is 0 Å². The number of nitro benzene ring substituents is 1. The molecule has 36 heavy (non-hydrogen) atoms. The van der Waals surface area contributed by atoms with Crippen LogP contribution in [0.1, 0.15) is 24.1 Å². The molecule has 0 unspecified atom stereocenters. The van der Waals surface area contributed by atoms with Gasteiger partial charge in [-0.05, 0) is 48.4 Å². The van der Waals surface area contributed by atoms with Gasteiger partial charge in [0, 0.05) is 60.1 Å². The van der Waals surface area contributed by atoms with E-state index in [0.29, 0.717) is 41.9 Å². The van der Waals surface area contributed by atoms with Crippen molar-refractivity contribution >= 4 is 52.2 Å². The van der Waals surface area contributed by atoms with Crippen molar-refractivity contribution in [1.82, 2.24) is 4.90 Å². The zero-order valence-electron chi connectivity index (χ0n) is 19.7. The Morgan fingerprint density at radius 3 is 2.42 bits per heavy atom. The summed E-state index contributed by atoms with van der Waals surface area (Å²) < 4.78 is 0. The first-order valence-electron chi connectivity index (χ1n) is 11.6. The van der Waals surface area contributed by atoms with E-state index >= 15 is 0 Å². The van der Waals surface area contributed by atoms with E-state index in [4.69, 9.17) is 23.2 Å². The smallest absolute Gasteiger partial charge is 0.292 e. The summed E-state index contributed by atoms with van der Waals surface area (Å²) in [6.07, 6.45) is 3.21. The molecule has 0 bridgehead atoms. The number of rotatable bonds is 7. The molecule has 0 aromatic heterocycles. The number of carbonyl (C=O) groups excluding carboxylic acids is 1. The molecule has 0 aliphatic carbocycles. The van der Waals surface area contributed by atoms with Crippen LogP contribution in [-0.2, 0) is 4.79 Å². The van der Waals surface area contributed by atoms with Gasteiger partial charge in [0.15, 0.2) is 0 Å². The van der Waals surface area contributed by atoms with Crippen molar-refractivity contribution in [2.24, 2.45) is 0 Å². The first kappa shape index (κ1) is 25.5. The van der Waals surface area contributed by atoms with Crippen LogP contribution in [0.2, 0.25) is 10.0 Å². The largest absolute Gasteiger partial charge is 0.373 e. The van der Waals surface area contributed by atoms with E-state index in [1.54, 1.807) is 35.2 Å². The maximum atomic E-state index is 12.7. The van der Waals surface area contributed by atoms with Crippen LogP contribution in [0.3, 0.4) is 0 Å². The maximum absolute atomic E-state index is 12.7. The van der Waals surface area contributed by atoms with Crippen molar-refractivity contribution in [3.63, 3.8) is 0 Å². The summed E-state index contributed by atoms with van der Waals surface area (Å²) >= 11 is 12.1. The fourth-order valence-corrected chi connectivity index (χ4v) is 4.61. The summed E-state index contributed by atoms with van der Waals surface area (Å²) in [5.74, 6) is -0.0941. The van der Waals surface area contributed by atoms with Gasteiger partial charge in [0.25, 0.3) is 5.69 Å². The average Bonchev–Trinajstić information content (AvgIpc) is 2.88. The number of halogens is 2. The van der Waals surface area contributed by atoms with Gasteiger partial charge in [0.1, 0.15) is 5.69 Å². The molecule has 0 radical (unpaired) electrons. The summed E-state index contributed by atoms with van der Waals surface area (Å²) in [5.41, 5.74) is 3.14. The van der Waals surface area contributed by atoms with Gasteiger partial charge in [0.2, 0.25) is 5.91 Å². The minimum absolute atomic E-state index is 0.0290. The van der Waals surface area contributed by atoms with Crippen molar-refractivity contribution in [2.45, 2.75) is 13.0 Å². The lowest BCUT2D eigenvalue weighted by atomic mass is 10.1. The number of hydrogen-bond acceptors (Lipinski definition) is 5. The second-order valence-electron chi connectivity index (χ2n) is 8.55. The van der Waals surface area contributed by atoms with Crippen LogP contribution in [0, 0.1) is 10.1 Å². The highest BCUT2D eigenvalue weighted by Gasteiger charge is 2.23. The monoisotopic (exact) mass is 524 g/mol. The van der Waals surface area contributed by atoms with E-state index < -0.39 is 0 Å². The topological polar surface area (TPSA) is 78.7 Å². The quantitative estimate of drug-likeness (QED) is 0.218. The van der Waals surface area contributed by atoms with Gasteiger partial charge in [-0.2, -0.15) is 0 Å². The number of nitrogens with zero attached hydrogens (tertiary/aromatic N) is 3. The first-order valence-corrected chi connectivity index (χ1v) is 12.3. The third-order valence-corrected chi connectivity index (χ3v) is 6.74. The molecular weight excluding hydrogens is 499 g/mol. The Hall–Kier alpha value is -3.55. The lowest BCUT2D eigenvalue weighted by molar-refractivity contribution is -0.384. The van der Waals surface area contributed by atoms with Crippen LogP contribution in [0.5, 0.6) is 0 Å². The van der Waals surface area contributed by atoms with Gasteiger partial charge >= 0.3 is 0 Å². The van der Waals surface area contributed by atoms with Gasteiger partial charge in [-0.25, -0.2) is 0 Å². The number of amides is 1. The fourth-order valence-electron chi connectivity index (χ4n) is 4.14. The summed E-state index contributed by atoms with van der Waals surface area (Å²) in [4.78, 5) is 27.9. The number of carbonyl (C=O) groups is 1. The highest BCUT2D eigenvalue weighted by atomic mass is 35.5. The number of nitro groups is 1. The Labute approximate surface area is 220 Å². The molecule has 0 saturated carbocycles. The van der Waals surface area contributed by atoms with Gasteiger partial charge in [-0.15, -0.1) is 0 Å². The van der Waals surface area contributed by atoms with E-state index in [1.807, 2.05) is 43.3 Å². The third-order valence-electron chi connectivity index (χ3n) is 6.17. The number of hydrogen-bond donors (Lipinski definition) is 1. The van der Waals surface area contributed by atoms with Gasteiger partial charge in [-0.1, -0.05) is 59.6 Å². The highest BCUT2D eigenvalue weighted by molar-refractivity contribution is 6.35. The molecule has 4 rings (SSSR count). The van der Waals surface area contributed by atoms with E-state index in [-0.39, 0.29) is 22.6 Å². The summed E-state index contributed by atoms with van der Waals surface area (Å²) in [6.45, 7) is 4.29. The second kappa shape index (κ2) is 11.5.